The summed E-state index contributed by atoms with van der Waals surface area (Å²) in [5, 5.41) is 0. The van der Waals surface area contributed by atoms with Crippen LogP contribution >= 0.6 is 0 Å². The molecule has 20 heavy (non-hydrogen) atoms. The molecule has 0 fully saturated rings. The molecule has 0 spiro atoms. The van der Waals surface area contributed by atoms with Crippen molar-refractivity contribution in [2.75, 3.05) is 20.0 Å². The number of carbonyl (C=O) groups excluding carboxylic acids is 1. The molecule has 0 saturated heterocycles. The Bertz CT molecular complexity index is 628. The Hall–Kier alpha value is -2.76. The molecule has 0 aliphatic heterocycles. The molecule has 0 radical (unpaired) electrons. The zero-order chi connectivity index (χ0) is 14.5. The third kappa shape index (κ3) is 2.80. The normalized spacial score (nSPS) is 9.90. The lowest BCUT2D eigenvalue weighted by Crippen LogP contribution is -2.06. The average molecular weight is 274 g/mol. The number of methoxy groups -OCH3 is 2. The van der Waals surface area contributed by atoms with Crippen LogP contribution in [0.2, 0.25) is 0 Å². The van der Waals surface area contributed by atoms with E-state index < -0.39 is 5.97 Å². The van der Waals surface area contributed by atoms with Crippen molar-refractivity contribution in [3.8, 4) is 17.4 Å². The van der Waals surface area contributed by atoms with E-state index >= 15 is 0 Å². The molecule has 1 aromatic carbocycles. The minimum Gasteiger partial charge on any atom is -0.493 e. The third-order valence-electron chi connectivity index (χ3n) is 2.60. The van der Waals surface area contributed by atoms with Gasteiger partial charge in [0.25, 0.3) is 0 Å². The first kappa shape index (κ1) is 13.7. The number of ether oxygens (including phenoxy) is 3. The van der Waals surface area contributed by atoms with E-state index in [2.05, 4.69) is 9.72 Å². The van der Waals surface area contributed by atoms with Gasteiger partial charge >= 0.3 is 5.97 Å². The van der Waals surface area contributed by atoms with E-state index in [1.54, 1.807) is 25.3 Å². The van der Waals surface area contributed by atoms with Crippen molar-refractivity contribution in [3.05, 3.63) is 42.1 Å². The standard InChI is InChI=1S/C14H14N2O4/c1-18-11-5-3-4-6-12(11)20-13-7-9(14(17)19-2)10(15)8-16-13/h3-8H,15H2,1-2H3. The summed E-state index contributed by atoms with van der Waals surface area (Å²) in [6.07, 6.45) is 1.34. The molecular formula is C14H14N2O4. The highest BCUT2D eigenvalue weighted by Crippen LogP contribution is 2.30. The topological polar surface area (TPSA) is 83.7 Å². The number of nitrogens with two attached hydrogens (primary N) is 1. The molecule has 0 amide bonds. The molecule has 0 atom stereocenters. The molecule has 0 aliphatic rings. The lowest BCUT2D eigenvalue weighted by atomic mass is 10.2. The maximum Gasteiger partial charge on any atom is 0.340 e. The largest absolute Gasteiger partial charge is 0.493 e. The fraction of sp³-hybridized carbons (Fsp3) is 0.143. The fourth-order valence-electron chi connectivity index (χ4n) is 1.61. The first-order valence-corrected chi connectivity index (χ1v) is 5.80. The van der Waals surface area contributed by atoms with E-state index in [9.17, 15) is 4.79 Å². The summed E-state index contributed by atoms with van der Waals surface area (Å²) in [4.78, 5) is 15.6. The van der Waals surface area contributed by atoms with Crippen LogP contribution in [0.15, 0.2) is 36.5 Å². The van der Waals surface area contributed by atoms with Crippen LogP contribution < -0.4 is 15.2 Å². The number of anilines is 1. The summed E-state index contributed by atoms with van der Waals surface area (Å²) in [5.74, 6) is 0.729. The fourth-order valence-corrected chi connectivity index (χ4v) is 1.61. The van der Waals surface area contributed by atoms with E-state index in [0.29, 0.717) is 11.5 Å². The van der Waals surface area contributed by atoms with Gasteiger partial charge in [-0.15, -0.1) is 0 Å². The Morgan fingerprint density at radius 1 is 1.20 bits per heavy atom. The molecule has 0 saturated carbocycles. The van der Waals surface area contributed by atoms with E-state index in [-0.39, 0.29) is 17.1 Å². The van der Waals surface area contributed by atoms with Crippen molar-refractivity contribution in [2.45, 2.75) is 0 Å². The minimum atomic E-state index is -0.547. The van der Waals surface area contributed by atoms with Gasteiger partial charge < -0.3 is 19.9 Å². The van der Waals surface area contributed by atoms with Crippen molar-refractivity contribution in [1.29, 1.82) is 0 Å². The van der Waals surface area contributed by atoms with Crippen LogP contribution in [0, 0.1) is 0 Å². The number of esters is 1. The van der Waals surface area contributed by atoms with Crippen LogP contribution in [-0.4, -0.2) is 25.2 Å². The van der Waals surface area contributed by atoms with Gasteiger partial charge in [-0.3, -0.25) is 0 Å². The molecule has 2 N–H and O–H groups in total. The quantitative estimate of drug-likeness (QED) is 0.861. The highest BCUT2D eigenvalue weighted by Gasteiger charge is 2.13. The Balaban J connectivity index is 2.32. The van der Waals surface area contributed by atoms with Gasteiger partial charge in [-0.1, -0.05) is 12.1 Å². The summed E-state index contributed by atoms with van der Waals surface area (Å²) < 4.78 is 15.4. The Kier molecular flexibility index (Phi) is 4.05. The van der Waals surface area contributed by atoms with Crippen molar-refractivity contribution in [2.24, 2.45) is 0 Å². The molecule has 0 bridgehead atoms. The number of aromatic nitrogens is 1. The SMILES string of the molecule is COC(=O)c1cc(Oc2ccccc2OC)ncc1N. The molecule has 2 aromatic rings. The second-order valence-electron chi connectivity index (χ2n) is 3.85. The van der Waals surface area contributed by atoms with Gasteiger partial charge in [-0.25, -0.2) is 9.78 Å². The molecule has 2 rings (SSSR count). The van der Waals surface area contributed by atoms with Crippen molar-refractivity contribution in [3.63, 3.8) is 0 Å². The number of para-hydroxylation sites is 2. The summed E-state index contributed by atoms with van der Waals surface area (Å²) in [6.45, 7) is 0. The van der Waals surface area contributed by atoms with Crippen LogP contribution in [-0.2, 0) is 4.74 Å². The van der Waals surface area contributed by atoms with Crippen LogP contribution in [0.5, 0.6) is 17.4 Å². The summed E-state index contributed by atoms with van der Waals surface area (Å²) in [5.41, 5.74) is 6.10. The smallest absolute Gasteiger partial charge is 0.340 e. The first-order valence-electron chi connectivity index (χ1n) is 5.80. The van der Waals surface area contributed by atoms with Gasteiger partial charge in [0, 0.05) is 6.07 Å². The van der Waals surface area contributed by atoms with Crippen molar-refractivity contribution >= 4 is 11.7 Å². The van der Waals surface area contributed by atoms with Crippen LogP contribution in [0.4, 0.5) is 5.69 Å². The molecule has 1 heterocycles. The van der Waals surface area contributed by atoms with Crippen molar-refractivity contribution < 1.29 is 19.0 Å². The number of pyridine rings is 1. The number of nitrogen functional groups attached to an aromatic ring is 1. The van der Waals surface area contributed by atoms with Gasteiger partial charge in [0.05, 0.1) is 31.7 Å². The number of rotatable bonds is 4. The molecule has 1 aromatic heterocycles. The van der Waals surface area contributed by atoms with Gasteiger partial charge in [0.2, 0.25) is 5.88 Å². The van der Waals surface area contributed by atoms with Gasteiger partial charge in [0.15, 0.2) is 11.5 Å². The summed E-state index contributed by atoms with van der Waals surface area (Å²) >= 11 is 0. The van der Waals surface area contributed by atoms with Gasteiger partial charge in [-0.05, 0) is 12.1 Å². The number of carbonyl (C=O) groups is 1. The second kappa shape index (κ2) is 5.92. The molecule has 0 unspecified atom stereocenters. The molecule has 6 heteroatoms. The Morgan fingerprint density at radius 2 is 1.90 bits per heavy atom. The Labute approximate surface area is 116 Å². The molecule has 0 aliphatic carbocycles. The molecule has 6 nitrogen and oxygen atoms in total. The van der Waals surface area contributed by atoms with Crippen molar-refractivity contribution in [1.82, 2.24) is 4.98 Å². The van der Waals surface area contributed by atoms with Crippen LogP contribution in [0.3, 0.4) is 0 Å². The maximum atomic E-state index is 11.6. The summed E-state index contributed by atoms with van der Waals surface area (Å²) in [6, 6.07) is 8.54. The zero-order valence-electron chi connectivity index (χ0n) is 11.1. The van der Waals surface area contributed by atoms with Gasteiger partial charge in [0.1, 0.15) is 0 Å². The predicted molar refractivity (Wildman–Crippen MR) is 73.1 cm³/mol. The van der Waals surface area contributed by atoms with Crippen LogP contribution in [0.25, 0.3) is 0 Å². The van der Waals surface area contributed by atoms with E-state index in [1.807, 2.05) is 6.07 Å². The zero-order valence-corrected chi connectivity index (χ0v) is 11.1. The number of nitrogens with zero attached hydrogens (tertiary/aromatic N) is 1. The third-order valence-corrected chi connectivity index (χ3v) is 2.60. The van der Waals surface area contributed by atoms with E-state index in [0.717, 1.165) is 0 Å². The highest BCUT2D eigenvalue weighted by molar-refractivity contribution is 5.95. The minimum absolute atomic E-state index is 0.201. The Morgan fingerprint density at radius 3 is 2.55 bits per heavy atom. The van der Waals surface area contributed by atoms with Crippen LogP contribution in [0.1, 0.15) is 10.4 Å². The van der Waals surface area contributed by atoms with Gasteiger partial charge in [-0.2, -0.15) is 0 Å². The summed E-state index contributed by atoms with van der Waals surface area (Å²) in [7, 11) is 2.82. The monoisotopic (exact) mass is 274 g/mol. The number of hydrogen-bond acceptors (Lipinski definition) is 6. The second-order valence-corrected chi connectivity index (χ2v) is 3.85. The lowest BCUT2D eigenvalue weighted by Gasteiger charge is -2.10. The highest BCUT2D eigenvalue weighted by atomic mass is 16.5. The molecule has 104 valence electrons. The lowest BCUT2D eigenvalue weighted by molar-refractivity contribution is 0.0601. The average Bonchev–Trinajstić information content (AvgIpc) is 2.49. The van der Waals surface area contributed by atoms with E-state index in [4.69, 9.17) is 15.2 Å². The maximum absolute atomic E-state index is 11.6. The van der Waals surface area contributed by atoms with E-state index in [1.165, 1.54) is 19.4 Å². The number of hydrogen-bond donors (Lipinski definition) is 1. The predicted octanol–water partition coefficient (Wildman–Crippen LogP) is 2.25. The number of benzene rings is 1. The molecular weight excluding hydrogens is 260 g/mol. The first-order chi connectivity index (χ1) is 9.65.